The quantitative estimate of drug-likeness (QED) is 0.639. The van der Waals surface area contributed by atoms with Crippen molar-refractivity contribution >= 4 is 29.3 Å². The Bertz CT molecular complexity index is 949. The topological polar surface area (TPSA) is 64.4 Å². The molecule has 1 aromatic carbocycles. The Kier molecular flexibility index (Phi) is 6.16. The fourth-order valence-electron chi connectivity index (χ4n) is 3.24. The third kappa shape index (κ3) is 3.93. The molecule has 0 spiro atoms. The van der Waals surface area contributed by atoms with Gasteiger partial charge in [-0.25, -0.2) is 4.79 Å². The molecule has 3 aromatic rings. The fourth-order valence-corrected chi connectivity index (χ4v) is 3.24. The van der Waals surface area contributed by atoms with Gasteiger partial charge in [0, 0.05) is 35.4 Å². The van der Waals surface area contributed by atoms with Gasteiger partial charge < -0.3 is 14.4 Å². The molecule has 3 rings (SSSR count). The van der Waals surface area contributed by atoms with Crippen LogP contribution in [0.25, 0.3) is 22.2 Å². The molecule has 27 heavy (non-hydrogen) atoms. The van der Waals surface area contributed by atoms with Gasteiger partial charge in [0.2, 0.25) is 0 Å². The summed E-state index contributed by atoms with van der Waals surface area (Å²) in [6, 6.07) is 9.81. The maximum absolute atomic E-state index is 11.3. The zero-order chi connectivity index (χ0) is 18.9. The Morgan fingerprint density at radius 3 is 2.48 bits per heavy atom. The highest BCUT2D eigenvalue weighted by atomic mass is 35.5. The molecule has 0 radical (unpaired) electrons. The van der Waals surface area contributed by atoms with Crippen molar-refractivity contribution in [2.45, 2.75) is 46.3 Å². The number of carboxylic acid groups (broad SMARTS) is 1. The van der Waals surface area contributed by atoms with Crippen LogP contribution in [-0.4, -0.2) is 26.2 Å². The Morgan fingerprint density at radius 2 is 1.89 bits per heavy atom. The smallest absolute Gasteiger partial charge is 0.347 e. The number of ether oxygens (including phenoxy) is 1. The van der Waals surface area contributed by atoms with E-state index in [1.54, 1.807) is 26.2 Å². The third-order valence-electron chi connectivity index (χ3n) is 4.58. The zero-order valence-electron chi connectivity index (χ0n) is 16.0. The first-order valence-electron chi connectivity index (χ1n) is 8.80. The number of aryl methyl sites for hydroxylation is 2. The number of halogens is 1. The lowest BCUT2D eigenvalue weighted by Gasteiger charge is -2.21. The Balaban J connectivity index is 0.00000261. The fraction of sp³-hybridized carbons (Fsp3) is 0.333. The first kappa shape index (κ1) is 20.8. The van der Waals surface area contributed by atoms with Crippen LogP contribution >= 0.6 is 12.4 Å². The van der Waals surface area contributed by atoms with Gasteiger partial charge in [-0.05, 0) is 63.1 Å². The summed E-state index contributed by atoms with van der Waals surface area (Å²) in [5.41, 5.74) is 3.28. The van der Waals surface area contributed by atoms with E-state index in [1.807, 2.05) is 30.3 Å². The van der Waals surface area contributed by atoms with E-state index in [-0.39, 0.29) is 12.4 Å². The lowest BCUT2D eigenvalue weighted by Crippen LogP contribution is -2.37. The second-order valence-corrected chi connectivity index (χ2v) is 6.96. The van der Waals surface area contributed by atoms with Crippen LogP contribution in [0.15, 0.2) is 42.7 Å². The van der Waals surface area contributed by atoms with E-state index < -0.39 is 11.6 Å². The molecule has 144 valence electrons. The van der Waals surface area contributed by atoms with E-state index in [4.69, 9.17) is 4.74 Å². The van der Waals surface area contributed by atoms with E-state index in [0.29, 0.717) is 5.75 Å². The van der Waals surface area contributed by atoms with E-state index in [2.05, 4.69) is 23.4 Å². The van der Waals surface area contributed by atoms with Crippen molar-refractivity contribution < 1.29 is 14.6 Å². The SMILES string of the molecule is CCCn1c(-c2ccncc2)c(C)c2cc(OC(C)(C)C(=O)O)ccc21.Cl. The summed E-state index contributed by atoms with van der Waals surface area (Å²) in [4.78, 5) is 15.5. The molecule has 0 atom stereocenters. The first-order valence-corrected chi connectivity index (χ1v) is 8.80. The minimum absolute atomic E-state index is 0. The number of nitrogens with zero attached hydrogens (tertiary/aromatic N) is 2. The van der Waals surface area contributed by atoms with Crippen molar-refractivity contribution in [3.05, 3.63) is 48.3 Å². The van der Waals surface area contributed by atoms with E-state index in [0.717, 1.165) is 35.0 Å². The summed E-state index contributed by atoms with van der Waals surface area (Å²) in [6.07, 6.45) is 4.62. The standard InChI is InChI=1S/C21H24N2O3.ClH/c1-5-12-23-18-7-6-16(26-21(3,4)20(24)25)13-17(18)14(2)19(23)15-8-10-22-11-9-15;/h6-11,13H,5,12H2,1-4H3,(H,24,25);1H. The summed E-state index contributed by atoms with van der Waals surface area (Å²) < 4.78 is 8.03. The third-order valence-corrected chi connectivity index (χ3v) is 4.58. The molecule has 0 amide bonds. The van der Waals surface area contributed by atoms with Crippen molar-refractivity contribution in [1.29, 1.82) is 0 Å². The van der Waals surface area contributed by atoms with Crippen LogP contribution in [0.3, 0.4) is 0 Å². The molecule has 2 aromatic heterocycles. The summed E-state index contributed by atoms with van der Waals surface area (Å²) in [6.45, 7) is 8.26. The Morgan fingerprint density at radius 1 is 1.22 bits per heavy atom. The van der Waals surface area contributed by atoms with E-state index in [1.165, 1.54) is 5.69 Å². The van der Waals surface area contributed by atoms with Gasteiger partial charge in [-0.3, -0.25) is 4.98 Å². The summed E-state index contributed by atoms with van der Waals surface area (Å²) >= 11 is 0. The molecule has 1 N–H and O–H groups in total. The number of aromatic nitrogens is 2. The molecule has 2 heterocycles. The number of hydrogen-bond acceptors (Lipinski definition) is 3. The van der Waals surface area contributed by atoms with Crippen LogP contribution in [0, 0.1) is 6.92 Å². The number of carbonyl (C=O) groups is 1. The predicted octanol–water partition coefficient (Wildman–Crippen LogP) is 5.09. The number of benzene rings is 1. The Hall–Kier alpha value is -2.53. The molecular formula is C21H25ClN2O3. The van der Waals surface area contributed by atoms with Gasteiger partial charge in [-0.2, -0.15) is 0 Å². The van der Waals surface area contributed by atoms with Crippen LogP contribution in [0.1, 0.15) is 32.8 Å². The number of fused-ring (bicyclic) bond motifs is 1. The molecule has 5 nitrogen and oxygen atoms in total. The average molecular weight is 389 g/mol. The summed E-state index contributed by atoms with van der Waals surface area (Å²) in [5, 5.41) is 10.4. The van der Waals surface area contributed by atoms with Crippen LogP contribution in [0.5, 0.6) is 5.75 Å². The highest BCUT2D eigenvalue weighted by Crippen LogP contribution is 2.35. The van der Waals surface area contributed by atoms with Crippen LogP contribution < -0.4 is 4.74 Å². The average Bonchev–Trinajstić information content (AvgIpc) is 2.87. The van der Waals surface area contributed by atoms with Gasteiger partial charge in [-0.1, -0.05) is 6.92 Å². The largest absolute Gasteiger partial charge is 0.478 e. The first-order chi connectivity index (χ1) is 12.3. The van der Waals surface area contributed by atoms with Gasteiger partial charge >= 0.3 is 5.97 Å². The second-order valence-electron chi connectivity index (χ2n) is 6.96. The van der Waals surface area contributed by atoms with E-state index in [9.17, 15) is 9.90 Å². The van der Waals surface area contributed by atoms with E-state index >= 15 is 0 Å². The molecule has 0 bridgehead atoms. The van der Waals surface area contributed by atoms with Gasteiger partial charge in [0.05, 0.1) is 5.69 Å². The predicted molar refractivity (Wildman–Crippen MR) is 110 cm³/mol. The van der Waals surface area contributed by atoms with Crippen molar-refractivity contribution in [3.63, 3.8) is 0 Å². The van der Waals surface area contributed by atoms with Crippen LogP contribution in [0.4, 0.5) is 0 Å². The minimum Gasteiger partial charge on any atom is -0.478 e. The van der Waals surface area contributed by atoms with Gasteiger partial charge in [0.25, 0.3) is 0 Å². The van der Waals surface area contributed by atoms with Crippen molar-refractivity contribution in [1.82, 2.24) is 9.55 Å². The zero-order valence-corrected chi connectivity index (χ0v) is 16.8. The number of pyridine rings is 1. The summed E-state index contributed by atoms with van der Waals surface area (Å²) in [5.74, 6) is -0.432. The molecule has 0 aliphatic heterocycles. The molecule has 0 saturated heterocycles. The van der Waals surface area contributed by atoms with Crippen molar-refractivity contribution in [2.24, 2.45) is 0 Å². The van der Waals surface area contributed by atoms with Crippen LogP contribution in [0.2, 0.25) is 0 Å². The lowest BCUT2D eigenvalue weighted by atomic mass is 10.1. The lowest BCUT2D eigenvalue weighted by molar-refractivity contribution is -0.152. The van der Waals surface area contributed by atoms with Gasteiger partial charge in [0.15, 0.2) is 5.60 Å². The number of aliphatic carboxylic acids is 1. The Labute approximate surface area is 165 Å². The summed E-state index contributed by atoms with van der Waals surface area (Å²) in [7, 11) is 0. The highest BCUT2D eigenvalue weighted by molar-refractivity contribution is 5.92. The van der Waals surface area contributed by atoms with Gasteiger partial charge in [-0.15, -0.1) is 12.4 Å². The maximum atomic E-state index is 11.3. The van der Waals surface area contributed by atoms with Gasteiger partial charge in [0.1, 0.15) is 5.75 Å². The number of carboxylic acids is 1. The number of rotatable bonds is 6. The monoisotopic (exact) mass is 388 g/mol. The molecule has 0 unspecified atom stereocenters. The molecule has 0 aliphatic carbocycles. The second kappa shape index (κ2) is 8.01. The van der Waals surface area contributed by atoms with Crippen molar-refractivity contribution in [3.8, 4) is 17.0 Å². The minimum atomic E-state index is -1.28. The molecule has 0 aliphatic rings. The molecule has 0 fully saturated rings. The molecular weight excluding hydrogens is 364 g/mol. The van der Waals surface area contributed by atoms with Crippen molar-refractivity contribution in [2.75, 3.05) is 0 Å². The normalized spacial score (nSPS) is 11.3. The molecule has 0 saturated carbocycles. The maximum Gasteiger partial charge on any atom is 0.347 e. The number of hydrogen-bond donors (Lipinski definition) is 1. The molecule has 6 heteroatoms. The highest BCUT2D eigenvalue weighted by Gasteiger charge is 2.29. The van der Waals surface area contributed by atoms with Crippen LogP contribution in [-0.2, 0) is 11.3 Å².